The number of fused-ring (bicyclic) bond motifs is 2. The number of hydrogen-bond acceptors (Lipinski definition) is 8. The Morgan fingerprint density at radius 1 is 1.09 bits per heavy atom. The molecule has 10 nitrogen and oxygen atoms in total. The van der Waals surface area contributed by atoms with Crippen molar-refractivity contribution in [1.82, 2.24) is 24.8 Å². The van der Waals surface area contributed by atoms with Crippen LogP contribution in [0.15, 0.2) is 42.9 Å². The standard InChI is InChI=1S/C21H16N6O4S/c28-17(11-27-19(30)12-3-1-2-4-13(12)20(27)31)26-8-5-14-16(10-26)32-21(24-14)25-18(29)15-9-22-6-7-23-15/h1-4,6-7,9H,5,8,10-11H2,(H,24,25,29). The van der Waals surface area contributed by atoms with Gasteiger partial charge in [0.1, 0.15) is 12.2 Å². The lowest BCUT2D eigenvalue weighted by Crippen LogP contribution is -2.44. The summed E-state index contributed by atoms with van der Waals surface area (Å²) in [5.41, 5.74) is 1.63. The van der Waals surface area contributed by atoms with Crippen LogP contribution < -0.4 is 5.32 Å². The third kappa shape index (κ3) is 3.52. The second-order valence-corrected chi connectivity index (χ2v) is 8.32. The highest BCUT2D eigenvalue weighted by atomic mass is 32.1. The lowest BCUT2D eigenvalue weighted by atomic mass is 10.1. The maximum atomic E-state index is 12.9. The first kappa shape index (κ1) is 19.9. The Labute approximate surface area is 185 Å². The zero-order valence-corrected chi connectivity index (χ0v) is 17.5. The van der Waals surface area contributed by atoms with Crippen molar-refractivity contribution in [2.45, 2.75) is 13.0 Å². The molecule has 0 saturated carbocycles. The van der Waals surface area contributed by atoms with Crippen molar-refractivity contribution >= 4 is 40.1 Å². The molecule has 4 amide bonds. The lowest BCUT2D eigenvalue weighted by Gasteiger charge is -2.27. The summed E-state index contributed by atoms with van der Waals surface area (Å²) in [4.78, 5) is 65.9. The highest BCUT2D eigenvalue weighted by molar-refractivity contribution is 7.15. The minimum absolute atomic E-state index is 0.179. The third-order valence-corrected chi connectivity index (χ3v) is 6.27. The number of benzene rings is 1. The Morgan fingerprint density at radius 2 is 1.84 bits per heavy atom. The van der Waals surface area contributed by atoms with E-state index >= 15 is 0 Å². The van der Waals surface area contributed by atoms with E-state index in [0.717, 1.165) is 15.5 Å². The van der Waals surface area contributed by atoms with Crippen molar-refractivity contribution < 1.29 is 19.2 Å². The van der Waals surface area contributed by atoms with E-state index in [2.05, 4.69) is 20.3 Å². The molecule has 0 bridgehead atoms. The minimum Gasteiger partial charge on any atom is -0.336 e. The van der Waals surface area contributed by atoms with E-state index < -0.39 is 17.7 Å². The number of carbonyl (C=O) groups excluding carboxylic acids is 4. The number of nitrogens with zero attached hydrogens (tertiary/aromatic N) is 5. The van der Waals surface area contributed by atoms with Gasteiger partial charge in [-0.2, -0.15) is 0 Å². The fourth-order valence-electron chi connectivity index (χ4n) is 3.66. The van der Waals surface area contributed by atoms with Gasteiger partial charge in [0.25, 0.3) is 17.7 Å². The minimum atomic E-state index is -0.455. The van der Waals surface area contributed by atoms with Crippen LogP contribution in [-0.2, 0) is 17.8 Å². The van der Waals surface area contributed by atoms with Crippen molar-refractivity contribution in [3.8, 4) is 0 Å². The average molecular weight is 448 g/mol. The third-order valence-electron chi connectivity index (χ3n) is 5.27. The SMILES string of the molecule is O=C(Nc1nc2c(s1)CN(C(=O)CN1C(=O)c3ccccc3C1=O)CC2)c1cnccn1. The van der Waals surface area contributed by atoms with Gasteiger partial charge < -0.3 is 4.90 Å². The molecule has 0 spiro atoms. The Bertz CT molecular complexity index is 1220. The molecule has 2 aliphatic heterocycles. The number of thiazole rings is 1. The van der Waals surface area contributed by atoms with Crippen LogP contribution >= 0.6 is 11.3 Å². The second kappa shape index (κ2) is 7.93. The van der Waals surface area contributed by atoms with E-state index in [1.165, 1.54) is 29.9 Å². The molecule has 0 aliphatic carbocycles. The van der Waals surface area contributed by atoms with E-state index in [-0.39, 0.29) is 18.1 Å². The van der Waals surface area contributed by atoms with Gasteiger partial charge in [0.15, 0.2) is 5.13 Å². The molecule has 0 radical (unpaired) electrons. The molecule has 1 N–H and O–H groups in total. The lowest BCUT2D eigenvalue weighted by molar-refractivity contribution is -0.132. The quantitative estimate of drug-likeness (QED) is 0.598. The van der Waals surface area contributed by atoms with Crippen LogP contribution in [0.1, 0.15) is 41.8 Å². The maximum Gasteiger partial charge on any atom is 0.277 e. The van der Waals surface area contributed by atoms with E-state index in [1.54, 1.807) is 29.2 Å². The largest absolute Gasteiger partial charge is 0.336 e. The highest BCUT2D eigenvalue weighted by Gasteiger charge is 2.37. The number of carbonyl (C=O) groups is 4. The molecule has 11 heteroatoms. The molecule has 160 valence electrons. The van der Waals surface area contributed by atoms with Gasteiger partial charge in [-0.25, -0.2) is 9.97 Å². The van der Waals surface area contributed by atoms with Crippen molar-refractivity contribution in [3.63, 3.8) is 0 Å². The Morgan fingerprint density at radius 3 is 2.53 bits per heavy atom. The van der Waals surface area contributed by atoms with Gasteiger partial charge in [0.05, 0.1) is 29.6 Å². The van der Waals surface area contributed by atoms with E-state index in [1.807, 2.05) is 0 Å². The normalized spacial score (nSPS) is 14.9. The number of aromatic nitrogens is 3. The molecule has 2 aromatic heterocycles. The van der Waals surface area contributed by atoms with Gasteiger partial charge >= 0.3 is 0 Å². The molecule has 32 heavy (non-hydrogen) atoms. The van der Waals surface area contributed by atoms with Crippen molar-refractivity contribution in [3.05, 3.63) is 70.2 Å². The summed E-state index contributed by atoms with van der Waals surface area (Å²) in [5.74, 6) is -1.64. The molecule has 0 saturated heterocycles. The Balaban J connectivity index is 1.25. The maximum absolute atomic E-state index is 12.9. The van der Waals surface area contributed by atoms with Gasteiger partial charge in [-0.3, -0.25) is 34.4 Å². The number of amides is 4. The molecule has 0 atom stereocenters. The smallest absolute Gasteiger partial charge is 0.277 e. The topological polar surface area (TPSA) is 125 Å². The van der Waals surface area contributed by atoms with Crippen LogP contribution in [0.5, 0.6) is 0 Å². The number of hydrogen-bond donors (Lipinski definition) is 1. The second-order valence-electron chi connectivity index (χ2n) is 7.24. The number of anilines is 1. The van der Waals surface area contributed by atoms with Crippen molar-refractivity contribution in [2.24, 2.45) is 0 Å². The summed E-state index contributed by atoms with van der Waals surface area (Å²) < 4.78 is 0. The van der Waals surface area contributed by atoms with Crippen LogP contribution in [0.4, 0.5) is 5.13 Å². The Hall–Kier alpha value is -3.99. The zero-order chi connectivity index (χ0) is 22.2. The molecule has 4 heterocycles. The first-order valence-corrected chi connectivity index (χ1v) is 10.6. The number of imide groups is 1. The molecule has 0 fully saturated rings. The molecule has 2 aliphatic rings. The van der Waals surface area contributed by atoms with Gasteiger partial charge in [-0.05, 0) is 12.1 Å². The molecule has 3 aromatic rings. The van der Waals surface area contributed by atoms with Crippen LogP contribution in [0, 0.1) is 0 Å². The Kier molecular flexibility index (Phi) is 4.94. The van der Waals surface area contributed by atoms with Crippen molar-refractivity contribution in [2.75, 3.05) is 18.4 Å². The van der Waals surface area contributed by atoms with Gasteiger partial charge in [0, 0.05) is 30.2 Å². The van der Waals surface area contributed by atoms with Gasteiger partial charge in [-0.1, -0.05) is 23.5 Å². The summed E-state index contributed by atoms with van der Waals surface area (Å²) >= 11 is 1.28. The summed E-state index contributed by atoms with van der Waals surface area (Å²) in [6.07, 6.45) is 4.79. The van der Waals surface area contributed by atoms with Crippen LogP contribution in [-0.4, -0.2) is 61.5 Å². The highest BCUT2D eigenvalue weighted by Crippen LogP contribution is 2.29. The molecular weight excluding hydrogens is 432 g/mol. The first-order chi connectivity index (χ1) is 15.5. The first-order valence-electron chi connectivity index (χ1n) is 9.80. The number of rotatable bonds is 4. The fraction of sp³-hybridized carbons (Fsp3) is 0.190. The molecule has 5 rings (SSSR count). The van der Waals surface area contributed by atoms with Gasteiger partial charge in [-0.15, -0.1) is 0 Å². The zero-order valence-electron chi connectivity index (χ0n) is 16.6. The predicted octanol–water partition coefficient (Wildman–Crippen LogP) is 1.37. The summed E-state index contributed by atoms with van der Waals surface area (Å²) in [5, 5.41) is 3.12. The molecule has 0 unspecified atom stereocenters. The van der Waals surface area contributed by atoms with E-state index in [4.69, 9.17) is 0 Å². The van der Waals surface area contributed by atoms with Crippen LogP contribution in [0.2, 0.25) is 0 Å². The van der Waals surface area contributed by atoms with Gasteiger partial charge in [0.2, 0.25) is 5.91 Å². The fourth-order valence-corrected chi connectivity index (χ4v) is 4.68. The summed E-state index contributed by atoms with van der Waals surface area (Å²) in [7, 11) is 0. The predicted molar refractivity (Wildman–Crippen MR) is 113 cm³/mol. The molecule has 1 aromatic carbocycles. The van der Waals surface area contributed by atoms with Crippen molar-refractivity contribution in [1.29, 1.82) is 0 Å². The molecular formula is C21H16N6O4S. The summed E-state index contributed by atoms with van der Waals surface area (Å²) in [6.45, 7) is 0.406. The summed E-state index contributed by atoms with van der Waals surface area (Å²) in [6, 6.07) is 6.54. The van der Waals surface area contributed by atoms with Crippen LogP contribution in [0.3, 0.4) is 0 Å². The van der Waals surface area contributed by atoms with Crippen LogP contribution in [0.25, 0.3) is 0 Å². The number of nitrogens with one attached hydrogen (secondary N) is 1. The monoisotopic (exact) mass is 448 g/mol. The average Bonchev–Trinajstić information content (AvgIpc) is 3.33. The van der Waals surface area contributed by atoms with E-state index in [0.29, 0.717) is 35.8 Å². The van der Waals surface area contributed by atoms with E-state index in [9.17, 15) is 19.2 Å².